The average Bonchev–Trinajstić information content (AvgIpc) is 2.42. The molecular weight excluding hydrogens is 222 g/mol. The lowest BCUT2D eigenvalue weighted by Crippen LogP contribution is -2.12. The van der Waals surface area contributed by atoms with Crippen molar-refractivity contribution < 1.29 is 4.79 Å². The van der Waals surface area contributed by atoms with Crippen LogP contribution >= 0.6 is 0 Å². The van der Waals surface area contributed by atoms with Crippen LogP contribution in [0.2, 0.25) is 0 Å². The average molecular weight is 247 g/mol. The van der Waals surface area contributed by atoms with Gasteiger partial charge in [0.25, 0.3) is 0 Å². The van der Waals surface area contributed by atoms with E-state index in [1.807, 2.05) is 20.9 Å². The van der Waals surface area contributed by atoms with Crippen LogP contribution in [0.15, 0.2) is 37.4 Å². The van der Waals surface area contributed by atoms with Crippen LogP contribution in [-0.2, 0) is 11.2 Å². The number of nitrogens with one attached hydrogen (secondary N) is 1. The van der Waals surface area contributed by atoms with Crippen LogP contribution in [0.4, 0.5) is 5.69 Å². The predicted octanol–water partition coefficient (Wildman–Crippen LogP) is 4.08. The summed E-state index contributed by atoms with van der Waals surface area (Å²) >= 11 is 0. The Morgan fingerprint density at radius 1 is 1.22 bits per heavy atom. The molecular formula is C16H25NO. The molecule has 0 amide bonds. The highest BCUT2D eigenvalue weighted by Crippen LogP contribution is 2.20. The number of aldehydes is 1. The third kappa shape index (κ3) is 6.24. The number of benzene rings is 1. The lowest BCUT2D eigenvalue weighted by atomic mass is 9.88. The van der Waals surface area contributed by atoms with Gasteiger partial charge < -0.3 is 10.1 Å². The van der Waals surface area contributed by atoms with Gasteiger partial charge in [-0.25, -0.2) is 0 Å². The zero-order chi connectivity index (χ0) is 14.0. The molecule has 0 aliphatic rings. The van der Waals surface area contributed by atoms with E-state index in [0.29, 0.717) is 0 Å². The van der Waals surface area contributed by atoms with Crippen molar-refractivity contribution in [2.24, 2.45) is 5.41 Å². The summed E-state index contributed by atoms with van der Waals surface area (Å²) in [6.07, 6.45) is 4.10. The molecule has 0 heterocycles. The molecule has 0 aliphatic carbocycles. The normalized spacial score (nSPS) is 10.2. The Hall–Kier alpha value is -1.57. The largest absolute Gasteiger partial charge is 0.388 e. The molecule has 0 saturated heterocycles. The fourth-order valence-corrected chi connectivity index (χ4v) is 1.65. The highest BCUT2D eigenvalue weighted by atomic mass is 16.1. The van der Waals surface area contributed by atoms with Crippen LogP contribution in [0.5, 0.6) is 0 Å². The quantitative estimate of drug-likeness (QED) is 0.606. The van der Waals surface area contributed by atoms with Gasteiger partial charge in [0.05, 0.1) is 0 Å². The number of carbonyl (C=O) groups excluding carboxylic acids is 1. The van der Waals surface area contributed by atoms with E-state index in [-0.39, 0.29) is 5.41 Å². The zero-order valence-corrected chi connectivity index (χ0v) is 11.8. The van der Waals surface area contributed by atoms with Crippen LogP contribution < -0.4 is 5.32 Å². The van der Waals surface area contributed by atoms with Crippen LogP contribution in [-0.4, -0.2) is 13.3 Å². The van der Waals surface area contributed by atoms with Crippen molar-refractivity contribution in [2.75, 3.05) is 12.4 Å². The minimum absolute atomic E-state index is 0.176. The summed E-state index contributed by atoms with van der Waals surface area (Å²) in [5.74, 6) is 0. The number of carbonyl (C=O) groups is 1. The smallest absolute Gasteiger partial charge is 0.125 e. The maximum Gasteiger partial charge on any atom is 0.125 e. The summed E-state index contributed by atoms with van der Waals surface area (Å²) in [5.41, 5.74) is 2.29. The molecule has 0 fully saturated rings. The van der Waals surface area contributed by atoms with Gasteiger partial charge in [-0.05, 0) is 37.0 Å². The Morgan fingerprint density at radius 3 is 2.22 bits per heavy atom. The number of anilines is 1. The third-order valence-corrected chi connectivity index (χ3v) is 2.85. The first kappa shape index (κ1) is 16.4. The van der Waals surface area contributed by atoms with E-state index in [1.165, 1.54) is 5.56 Å². The van der Waals surface area contributed by atoms with Crippen molar-refractivity contribution in [1.82, 2.24) is 0 Å². The molecule has 2 nitrogen and oxygen atoms in total. The third-order valence-electron chi connectivity index (χ3n) is 2.85. The molecule has 2 heteroatoms. The Kier molecular flexibility index (Phi) is 7.77. The molecule has 18 heavy (non-hydrogen) atoms. The second-order valence-corrected chi connectivity index (χ2v) is 4.91. The lowest BCUT2D eigenvalue weighted by molar-refractivity contribution is -0.115. The molecule has 1 aromatic carbocycles. The van der Waals surface area contributed by atoms with Crippen LogP contribution in [0.25, 0.3) is 0 Å². The topological polar surface area (TPSA) is 29.1 Å². The number of hydrogen-bond donors (Lipinski definition) is 1. The van der Waals surface area contributed by atoms with Crippen molar-refractivity contribution in [3.8, 4) is 0 Å². The van der Waals surface area contributed by atoms with Crippen molar-refractivity contribution in [3.63, 3.8) is 0 Å². The van der Waals surface area contributed by atoms with Crippen molar-refractivity contribution in [3.05, 3.63) is 43.0 Å². The number of rotatable bonds is 6. The Labute approximate surface area is 111 Å². The first-order valence-corrected chi connectivity index (χ1v) is 6.30. The fourth-order valence-electron chi connectivity index (χ4n) is 1.65. The van der Waals surface area contributed by atoms with E-state index in [9.17, 15) is 4.79 Å². The second kappa shape index (κ2) is 8.51. The van der Waals surface area contributed by atoms with Crippen molar-refractivity contribution in [1.29, 1.82) is 0 Å². The molecule has 0 bridgehead atoms. The molecule has 0 radical (unpaired) electrons. The predicted molar refractivity (Wildman–Crippen MR) is 80.0 cm³/mol. The van der Waals surface area contributed by atoms with Crippen LogP contribution in [0.1, 0.15) is 32.3 Å². The molecule has 0 aromatic heterocycles. The number of hydrogen-bond acceptors (Lipinski definition) is 2. The van der Waals surface area contributed by atoms with Gasteiger partial charge in [0, 0.05) is 18.2 Å². The molecule has 1 aromatic rings. The van der Waals surface area contributed by atoms with Crippen molar-refractivity contribution in [2.45, 2.75) is 33.1 Å². The van der Waals surface area contributed by atoms with Gasteiger partial charge in [0.15, 0.2) is 0 Å². The van der Waals surface area contributed by atoms with Gasteiger partial charge in [-0.1, -0.05) is 26.0 Å². The monoisotopic (exact) mass is 247 g/mol. The minimum atomic E-state index is -0.176. The molecule has 0 atom stereocenters. The maximum atomic E-state index is 10.7. The van der Waals surface area contributed by atoms with E-state index in [2.05, 4.69) is 42.7 Å². The van der Waals surface area contributed by atoms with E-state index in [4.69, 9.17) is 0 Å². The van der Waals surface area contributed by atoms with Gasteiger partial charge in [-0.2, -0.15) is 0 Å². The van der Waals surface area contributed by atoms with Gasteiger partial charge in [0.2, 0.25) is 0 Å². The van der Waals surface area contributed by atoms with Crippen LogP contribution in [0.3, 0.4) is 0 Å². The molecule has 100 valence electrons. The summed E-state index contributed by atoms with van der Waals surface area (Å²) in [4.78, 5) is 10.7. The Balaban J connectivity index is 0.00000137. The zero-order valence-electron chi connectivity index (χ0n) is 11.8. The maximum absolute atomic E-state index is 10.7. The SMILES string of the molecule is C=C.CNc1ccc(CCCC(C)(C)C=O)cc1. The van der Waals surface area contributed by atoms with E-state index in [1.54, 1.807) is 0 Å². The Morgan fingerprint density at radius 2 is 1.78 bits per heavy atom. The fraction of sp³-hybridized carbons (Fsp3) is 0.438. The first-order valence-electron chi connectivity index (χ1n) is 6.30. The summed E-state index contributed by atoms with van der Waals surface area (Å²) in [7, 11) is 1.92. The van der Waals surface area contributed by atoms with E-state index in [0.717, 1.165) is 31.2 Å². The van der Waals surface area contributed by atoms with Gasteiger partial charge in [-0.15, -0.1) is 13.2 Å². The molecule has 0 spiro atoms. The summed E-state index contributed by atoms with van der Waals surface area (Å²) in [5, 5.41) is 3.10. The summed E-state index contributed by atoms with van der Waals surface area (Å²) in [6, 6.07) is 8.44. The second-order valence-electron chi connectivity index (χ2n) is 4.91. The molecule has 0 saturated carbocycles. The van der Waals surface area contributed by atoms with Gasteiger partial charge in [-0.3, -0.25) is 0 Å². The molecule has 0 aliphatic heterocycles. The van der Waals surface area contributed by atoms with Gasteiger partial charge in [0.1, 0.15) is 6.29 Å². The molecule has 0 unspecified atom stereocenters. The van der Waals surface area contributed by atoms with Gasteiger partial charge >= 0.3 is 0 Å². The summed E-state index contributed by atoms with van der Waals surface area (Å²) < 4.78 is 0. The highest BCUT2D eigenvalue weighted by molar-refractivity contribution is 5.57. The Bertz CT molecular complexity index is 341. The molecule has 1 N–H and O–H groups in total. The first-order chi connectivity index (χ1) is 8.57. The summed E-state index contributed by atoms with van der Waals surface area (Å²) in [6.45, 7) is 9.98. The highest BCUT2D eigenvalue weighted by Gasteiger charge is 2.15. The van der Waals surface area contributed by atoms with E-state index < -0.39 is 0 Å². The molecule has 1 rings (SSSR count). The van der Waals surface area contributed by atoms with E-state index >= 15 is 0 Å². The minimum Gasteiger partial charge on any atom is -0.388 e. The van der Waals surface area contributed by atoms with Crippen molar-refractivity contribution >= 4 is 12.0 Å². The van der Waals surface area contributed by atoms with Crippen LogP contribution in [0, 0.1) is 5.41 Å². The standard InChI is InChI=1S/C14H21NO.C2H4/c1-14(2,11-16)10-4-5-12-6-8-13(15-3)9-7-12;1-2/h6-9,11,15H,4-5,10H2,1-3H3;1-2H2. The number of aryl methyl sites for hydroxylation is 1. The lowest BCUT2D eigenvalue weighted by Gasteiger charge is -2.15.